The van der Waals surface area contributed by atoms with Gasteiger partial charge in [-0.05, 0) is 13.3 Å². The van der Waals surface area contributed by atoms with Gasteiger partial charge >= 0.3 is 0 Å². The molecule has 2 aromatic rings. The van der Waals surface area contributed by atoms with Crippen LogP contribution in [0.25, 0.3) is 0 Å². The number of carbonyl (C=O) groups is 1. The van der Waals surface area contributed by atoms with Crippen molar-refractivity contribution >= 4 is 17.5 Å². The van der Waals surface area contributed by atoms with Crippen LogP contribution in [0.3, 0.4) is 0 Å². The third kappa shape index (κ3) is 3.49. The summed E-state index contributed by atoms with van der Waals surface area (Å²) in [6.45, 7) is 1.90. The van der Waals surface area contributed by atoms with E-state index in [1.165, 1.54) is 4.90 Å². The fourth-order valence-electron chi connectivity index (χ4n) is 3.09. The van der Waals surface area contributed by atoms with Crippen molar-refractivity contribution in [1.29, 1.82) is 0 Å². The van der Waals surface area contributed by atoms with Gasteiger partial charge in [0.05, 0.1) is 12.6 Å². The van der Waals surface area contributed by atoms with Crippen molar-refractivity contribution in [1.82, 2.24) is 19.7 Å². The van der Waals surface area contributed by atoms with Gasteiger partial charge in [-0.2, -0.15) is 0 Å². The van der Waals surface area contributed by atoms with Gasteiger partial charge in [0.1, 0.15) is 35.0 Å². The summed E-state index contributed by atoms with van der Waals surface area (Å²) in [5.41, 5.74) is -0.355. The molecule has 0 saturated carbocycles. The molecular formula is C16H16ClF3N4O. The lowest BCUT2D eigenvalue weighted by Crippen LogP contribution is -2.45. The van der Waals surface area contributed by atoms with Crippen molar-refractivity contribution in [2.75, 3.05) is 5.88 Å². The number of halogens is 4. The van der Waals surface area contributed by atoms with E-state index < -0.39 is 23.4 Å². The van der Waals surface area contributed by atoms with E-state index in [9.17, 15) is 18.0 Å². The first kappa shape index (κ1) is 17.7. The number of nitrogens with zero attached hydrogens (tertiary/aromatic N) is 4. The smallest absolute Gasteiger partial charge is 0.238 e. The Kier molecular flexibility index (Phi) is 4.99. The summed E-state index contributed by atoms with van der Waals surface area (Å²) in [5, 5.41) is 8.06. The SMILES string of the molecule is Cc1nnc2n1CC(N(Cc1c(F)cc(F)cc1F)C(=O)CCl)CC2. The van der Waals surface area contributed by atoms with Gasteiger partial charge in [-0.15, -0.1) is 21.8 Å². The van der Waals surface area contributed by atoms with Crippen molar-refractivity contribution in [2.45, 2.75) is 38.9 Å². The second-order valence-electron chi connectivity index (χ2n) is 5.97. The highest BCUT2D eigenvalue weighted by Gasteiger charge is 2.30. The quantitative estimate of drug-likeness (QED) is 0.775. The van der Waals surface area contributed by atoms with E-state index in [0.717, 1.165) is 5.82 Å². The second kappa shape index (κ2) is 7.03. The number of hydrogen-bond acceptors (Lipinski definition) is 3. The minimum Gasteiger partial charge on any atom is -0.332 e. The molecular weight excluding hydrogens is 357 g/mol. The molecule has 0 fully saturated rings. The van der Waals surface area contributed by atoms with Crippen LogP contribution >= 0.6 is 11.6 Å². The number of fused-ring (bicyclic) bond motifs is 1. The predicted molar refractivity (Wildman–Crippen MR) is 84.5 cm³/mol. The maximum atomic E-state index is 14.0. The predicted octanol–water partition coefficient (Wildman–Crippen LogP) is 2.59. The van der Waals surface area contributed by atoms with Crippen LogP contribution in [0.2, 0.25) is 0 Å². The molecule has 9 heteroatoms. The van der Waals surface area contributed by atoms with Gasteiger partial charge in [-0.3, -0.25) is 4.79 Å². The lowest BCUT2D eigenvalue weighted by Gasteiger charge is -2.35. The van der Waals surface area contributed by atoms with Crippen LogP contribution in [0.1, 0.15) is 23.6 Å². The van der Waals surface area contributed by atoms with E-state index in [0.29, 0.717) is 37.3 Å². The molecule has 25 heavy (non-hydrogen) atoms. The van der Waals surface area contributed by atoms with Crippen LogP contribution in [0, 0.1) is 24.4 Å². The highest BCUT2D eigenvalue weighted by Crippen LogP contribution is 2.24. The highest BCUT2D eigenvalue weighted by molar-refractivity contribution is 6.27. The van der Waals surface area contributed by atoms with Gasteiger partial charge in [0.2, 0.25) is 5.91 Å². The maximum Gasteiger partial charge on any atom is 0.238 e. The number of benzene rings is 1. The van der Waals surface area contributed by atoms with Crippen LogP contribution in [-0.4, -0.2) is 37.5 Å². The highest BCUT2D eigenvalue weighted by atomic mass is 35.5. The lowest BCUT2D eigenvalue weighted by molar-refractivity contribution is -0.132. The molecule has 1 aromatic carbocycles. The average molecular weight is 373 g/mol. The van der Waals surface area contributed by atoms with Gasteiger partial charge in [0.25, 0.3) is 0 Å². The Morgan fingerprint density at radius 2 is 2.00 bits per heavy atom. The Morgan fingerprint density at radius 1 is 1.32 bits per heavy atom. The van der Waals surface area contributed by atoms with Gasteiger partial charge in [-0.1, -0.05) is 0 Å². The molecule has 1 aliphatic heterocycles. The number of aryl methyl sites for hydroxylation is 2. The Labute approximate surface area is 147 Å². The van der Waals surface area contributed by atoms with Crippen molar-refractivity contribution in [2.24, 2.45) is 0 Å². The Bertz CT molecular complexity index is 788. The summed E-state index contributed by atoms with van der Waals surface area (Å²) in [6, 6.07) is 0.896. The number of alkyl halides is 1. The van der Waals surface area contributed by atoms with Crippen LogP contribution < -0.4 is 0 Å². The molecule has 0 radical (unpaired) electrons. The van der Waals surface area contributed by atoms with Gasteiger partial charge in [0.15, 0.2) is 0 Å². The minimum atomic E-state index is -1.03. The Balaban J connectivity index is 1.89. The molecule has 3 rings (SSSR count). The number of rotatable bonds is 4. The molecule has 0 spiro atoms. The van der Waals surface area contributed by atoms with Crippen LogP contribution in [0.4, 0.5) is 13.2 Å². The summed E-state index contributed by atoms with van der Waals surface area (Å²) in [5.74, 6) is -2.29. The van der Waals surface area contributed by atoms with Crippen molar-refractivity contribution in [3.8, 4) is 0 Å². The molecule has 1 amide bonds. The summed E-state index contributed by atoms with van der Waals surface area (Å²) in [4.78, 5) is 13.6. The zero-order chi connectivity index (χ0) is 18.1. The van der Waals surface area contributed by atoms with Crippen molar-refractivity contribution in [3.05, 3.63) is 46.8 Å². The van der Waals surface area contributed by atoms with Crippen LogP contribution in [-0.2, 0) is 24.3 Å². The number of amides is 1. The van der Waals surface area contributed by atoms with E-state index >= 15 is 0 Å². The molecule has 1 aromatic heterocycles. The van der Waals surface area contributed by atoms with Gasteiger partial charge in [0, 0.05) is 30.7 Å². The molecule has 1 atom stereocenters. The fourth-order valence-corrected chi connectivity index (χ4v) is 3.24. The molecule has 5 nitrogen and oxygen atoms in total. The van der Waals surface area contributed by atoms with Crippen molar-refractivity contribution < 1.29 is 18.0 Å². The summed E-state index contributed by atoms with van der Waals surface area (Å²) >= 11 is 5.68. The summed E-state index contributed by atoms with van der Waals surface area (Å²) in [6.07, 6.45) is 1.16. The largest absolute Gasteiger partial charge is 0.332 e. The summed E-state index contributed by atoms with van der Waals surface area (Å²) < 4.78 is 42.9. The Morgan fingerprint density at radius 3 is 2.64 bits per heavy atom. The first-order valence-electron chi connectivity index (χ1n) is 7.78. The first-order chi connectivity index (χ1) is 11.9. The number of carbonyl (C=O) groups excluding carboxylic acids is 1. The third-order valence-electron chi connectivity index (χ3n) is 4.42. The first-order valence-corrected chi connectivity index (χ1v) is 8.31. The Hall–Kier alpha value is -2.09. The third-order valence-corrected chi connectivity index (χ3v) is 4.65. The molecule has 0 N–H and O–H groups in total. The molecule has 0 bridgehead atoms. The second-order valence-corrected chi connectivity index (χ2v) is 6.24. The van der Waals surface area contributed by atoms with Gasteiger partial charge < -0.3 is 9.47 Å². The van der Waals surface area contributed by atoms with E-state index in [1.54, 1.807) is 6.92 Å². The van der Waals surface area contributed by atoms with Crippen LogP contribution in [0.5, 0.6) is 0 Å². The standard InChI is InChI=1S/C16H16ClF3N4O/c1-9-21-22-15-3-2-11(7-23(9)15)24(16(25)6-17)8-12-13(19)4-10(18)5-14(12)20/h4-5,11H,2-3,6-8H2,1H3. The molecule has 134 valence electrons. The monoisotopic (exact) mass is 372 g/mol. The summed E-state index contributed by atoms with van der Waals surface area (Å²) in [7, 11) is 0. The normalized spacial score (nSPS) is 16.6. The van der Waals surface area contributed by atoms with Crippen molar-refractivity contribution in [3.63, 3.8) is 0 Å². The van der Waals surface area contributed by atoms with E-state index in [-0.39, 0.29) is 24.0 Å². The zero-order valence-corrected chi connectivity index (χ0v) is 14.2. The molecule has 2 heterocycles. The lowest BCUT2D eigenvalue weighted by atomic mass is 10.0. The average Bonchev–Trinajstić information content (AvgIpc) is 2.94. The molecule has 0 saturated heterocycles. The molecule has 1 unspecified atom stereocenters. The van der Waals surface area contributed by atoms with E-state index in [2.05, 4.69) is 10.2 Å². The van der Waals surface area contributed by atoms with Gasteiger partial charge in [-0.25, -0.2) is 13.2 Å². The number of aromatic nitrogens is 3. The molecule has 0 aliphatic carbocycles. The molecule has 1 aliphatic rings. The zero-order valence-electron chi connectivity index (χ0n) is 13.5. The maximum absolute atomic E-state index is 14.0. The topological polar surface area (TPSA) is 51.0 Å². The fraction of sp³-hybridized carbons (Fsp3) is 0.438. The van der Waals surface area contributed by atoms with E-state index in [4.69, 9.17) is 11.6 Å². The van der Waals surface area contributed by atoms with E-state index in [1.807, 2.05) is 4.57 Å². The van der Waals surface area contributed by atoms with Crippen LogP contribution in [0.15, 0.2) is 12.1 Å². The number of hydrogen-bond donors (Lipinski definition) is 0. The minimum absolute atomic E-state index is 0.308.